The zero-order chi connectivity index (χ0) is 17.6. The average molecular weight is 353 g/mol. The number of benzene rings is 2. The zero-order valence-corrected chi connectivity index (χ0v) is 14.0. The van der Waals surface area contributed by atoms with Crippen LogP contribution in [-0.4, -0.2) is 24.4 Å². The molecule has 1 heterocycles. The molecule has 0 bridgehead atoms. The van der Waals surface area contributed by atoms with Crippen LogP contribution in [-0.2, 0) is 20.7 Å². The largest absolute Gasteiger partial charge is 0.455 e. The van der Waals surface area contributed by atoms with Crippen LogP contribution < -0.4 is 5.32 Å². The number of esters is 1. The van der Waals surface area contributed by atoms with E-state index in [0.717, 1.165) is 16.3 Å². The molecule has 2 aromatic carbocycles. The Kier molecular flexibility index (Phi) is 5.20. The molecule has 0 saturated heterocycles. The highest BCUT2D eigenvalue weighted by atomic mass is 32.1. The van der Waals surface area contributed by atoms with Crippen molar-refractivity contribution in [1.82, 2.24) is 5.32 Å². The van der Waals surface area contributed by atoms with E-state index in [4.69, 9.17) is 4.74 Å². The fraction of sp³-hybridized carbons (Fsp3) is 0.105. The van der Waals surface area contributed by atoms with Crippen LogP contribution >= 0.6 is 11.3 Å². The Bertz CT molecular complexity index is 918. The van der Waals surface area contributed by atoms with E-state index in [1.165, 1.54) is 11.3 Å². The van der Waals surface area contributed by atoms with E-state index in [1.807, 2.05) is 42.5 Å². The topological polar surface area (TPSA) is 72.5 Å². The lowest BCUT2D eigenvalue weighted by molar-refractivity contribution is -0.147. The molecule has 0 atom stereocenters. The molecule has 25 heavy (non-hydrogen) atoms. The first-order chi connectivity index (χ1) is 12.1. The number of fused-ring (bicyclic) bond motifs is 1. The van der Waals surface area contributed by atoms with Crippen LogP contribution in [0.3, 0.4) is 0 Å². The van der Waals surface area contributed by atoms with Crippen molar-refractivity contribution in [3.05, 3.63) is 70.4 Å². The van der Waals surface area contributed by atoms with Crippen LogP contribution in [0.5, 0.6) is 0 Å². The Balaban J connectivity index is 1.50. The summed E-state index contributed by atoms with van der Waals surface area (Å²) < 4.78 is 4.94. The molecule has 3 rings (SSSR count). The van der Waals surface area contributed by atoms with Gasteiger partial charge in [-0.15, -0.1) is 11.3 Å². The van der Waals surface area contributed by atoms with Crippen molar-refractivity contribution in [2.75, 3.05) is 6.61 Å². The van der Waals surface area contributed by atoms with Gasteiger partial charge in [0.25, 0.3) is 11.8 Å². The molecular formula is C19H15NO4S. The number of thiophene rings is 1. The molecule has 1 aromatic heterocycles. The molecule has 5 nitrogen and oxygen atoms in total. The van der Waals surface area contributed by atoms with Crippen molar-refractivity contribution < 1.29 is 19.1 Å². The van der Waals surface area contributed by atoms with E-state index >= 15 is 0 Å². The van der Waals surface area contributed by atoms with Crippen LogP contribution in [0, 0.1) is 0 Å². The standard InChI is InChI=1S/C19H15NO4S/c21-17(20-19(23)16-6-3-9-25-16)12-24-18(22)11-13-7-8-14-4-1-2-5-15(14)10-13/h1-10H,11-12H2,(H,20,21,23). The maximum Gasteiger partial charge on any atom is 0.310 e. The lowest BCUT2D eigenvalue weighted by Gasteiger charge is -2.06. The van der Waals surface area contributed by atoms with Crippen molar-refractivity contribution in [2.45, 2.75) is 6.42 Å². The summed E-state index contributed by atoms with van der Waals surface area (Å²) in [6.07, 6.45) is 0.0665. The second kappa shape index (κ2) is 7.72. The third kappa shape index (κ3) is 4.51. The lowest BCUT2D eigenvalue weighted by Crippen LogP contribution is -2.33. The van der Waals surface area contributed by atoms with Crippen molar-refractivity contribution >= 4 is 39.9 Å². The Morgan fingerprint density at radius 3 is 2.52 bits per heavy atom. The normalized spacial score (nSPS) is 10.4. The van der Waals surface area contributed by atoms with Crippen LogP contribution in [0.2, 0.25) is 0 Å². The smallest absolute Gasteiger partial charge is 0.310 e. The Morgan fingerprint density at radius 1 is 0.960 bits per heavy atom. The quantitative estimate of drug-likeness (QED) is 0.716. The van der Waals surface area contributed by atoms with E-state index < -0.39 is 24.4 Å². The van der Waals surface area contributed by atoms with Crippen molar-refractivity contribution in [1.29, 1.82) is 0 Å². The third-order valence-electron chi connectivity index (χ3n) is 3.52. The summed E-state index contributed by atoms with van der Waals surface area (Å²) in [7, 11) is 0. The number of amides is 2. The van der Waals surface area contributed by atoms with Crippen molar-refractivity contribution in [3.63, 3.8) is 0 Å². The number of ether oxygens (including phenoxy) is 1. The number of hydrogen-bond acceptors (Lipinski definition) is 5. The maximum atomic E-state index is 11.9. The van der Waals surface area contributed by atoms with Crippen LogP contribution in [0.15, 0.2) is 60.0 Å². The van der Waals surface area contributed by atoms with Gasteiger partial charge in [-0.3, -0.25) is 19.7 Å². The predicted molar refractivity (Wildman–Crippen MR) is 95.4 cm³/mol. The fourth-order valence-corrected chi connectivity index (χ4v) is 2.96. The summed E-state index contributed by atoms with van der Waals surface area (Å²) in [6, 6.07) is 16.9. The second-order valence-corrected chi connectivity index (χ2v) is 6.32. The third-order valence-corrected chi connectivity index (χ3v) is 4.39. The summed E-state index contributed by atoms with van der Waals surface area (Å²) in [5.74, 6) is -1.66. The molecule has 6 heteroatoms. The van der Waals surface area contributed by atoms with Gasteiger partial charge >= 0.3 is 5.97 Å². The van der Waals surface area contributed by atoms with Gasteiger partial charge in [0.05, 0.1) is 11.3 Å². The highest BCUT2D eigenvalue weighted by Crippen LogP contribution is 2.16. The number of rotatable bonds is 5. The minimum absolute atomic E-state index is 0.0665. The van der Waals surface area contributed by atoms with E-state index in [1.54, 1.807) is 17.5 Å². The highest BCUT2D eigenvalue weighted by molar-refractivity contribution is 7.12. The molecule has 2 amide bonds. The van der Waals surface area contributed by atoms with E-state index in [9.17, 15) is 14.4 Å². The Labute approximate surface area is 148 Å². The number of carbonyl (C=O) groups excluding carboxylic acids is 3. The van der Waals surface area contributed by atoms with E-state index in [-0.39, 0.29) is 6.42 Å². The first-order valence-corrected chi connectivity index (χ1v) is 8.51. The van der Waals surface area contributed by atoms with Gasteiger partial charge in [0.2, 0.25) is 0 Å². The average Bonchev–Trinajstić information content (AvgIpc) is 3.15. The molecule has 0 unspecified atom stereocenters. The SMILES string of the molecule is O=C(COC(=O)Cc1ccc2ccccc2c1)NC(=O)c1cccs1. The predicted octanol–water partition coefficient (Wildman–Crippen LogP) is 2.94. The molecule has 0 radical (unpaired) electrons. The molecule has 0 fully saturated rings. The second-order valence-electron chi connectivity index (χ2n) is 5.37. The monoisotopic (exact) mass is 353 g/mol. The summed E-state index contributed by atoms with van der Waals surface area (Å²) >= 11 is 1.23. The minimum atomic E-state index is -0.648. The van der Waals surface area contributed by atoms with Gasteiger partial charge in [-0.1, -0.05) is 48.5 Å². The first-order valence-electron chi connectivity index (χ1n) is 7.63. The minimum Gasteiger partial charge on any atom is -0.455 e. The van der Waals surface area contributed by atoms with Crippen molar-refractivity contribution in [3.8, 4) is 0 Å². The number of nitrogens with one attached hydrogen (secondary N) is 1. The number of imide groups is 1. The Hall–Kier alpha value is -2.99. The van der Waals surface area contributed by atoms with Gasteiger partial charge in [-0.05, 0) is 27.8 Å². The zero-order valence-electron chi connectivity index (χ0n) is 13.2. The van der Waals surface area contributed by atoms with Crippen LogP contribution in [0.25, 0.3) is 10.8 Å². The van der Waals surface area contributed by atoms with Crippen LogP contribution in [0.4, 0.5) is 0 Å². The molecule has 1 N–H and O–H groups in total. The van der Waals surface area contributed by atoms with Crippen molar-refractivity contribution in [2.24, 2.45) is 0 Å². The van der Waals surface area contributed by atoms with Gasteiger partial charge in [-0.2, -0.15) is 0 Å². The summed E-state index contributed by atoms with van der Waals surface area (Å²) in [4.78, 5) is 35.7. The lowest BCUT2D eigenvalue weighted by atomic mass is 10.1. The molecule has 0 saturated carbocycles. The molecular weight excluding hydrogens is 338 g/mol. The molecule has 126 valence electrons. The summed E-state index contributed by atoms with van der Waals surface area (Å²) in [6.45, 7) is -0.483. The van der Waals surface area contributed by atoms with Gasteiger partial charge in [0.15, 0.2) is 6.61 Å². The van der Waals surface area contributed by atoms with Crippen LogP contribution in [0.1, 0.15) is 15.2 Å². The number of hydrogen-bond donors (Lipinski definition) is 1. The molecule has 0 aliphatic carbocycles. The molecule has 0 aliphatic rings. The molecule has 3 aromatic rings. The maximum absolute atomic E-state index is 11.9. The van der Waals surface area contributed by atoms with Gasteiger partial charge in [-0.25, -0.2) is 0 Å². The summed E-state index contributed by atoms with van der Waals surface area (Å²) in [5.41, 5.74) is 0.804. The Morgan fingerprint density at radius 2 is 1.76 bits per heavy atom. The van der Waals surface area contributed by atoms with Gasteiger partial charge in [0.1, 0.15) is 0 Å². The van der Waals surface area contributed by atoms with E-state index in [0.29, 0.717) is 4.88 Å². The fourth-order valence-electron chi connectivity index (χ4n) is 2.34. The number of carbonyl (C=O) groups is 3. The summed E-state index contributed by atoms with van der Waals surface area (Å²) in [5, 5.41) is 6.04. The van der Waals surface area contributed by atoms with E-state index in [2.05, 4.69) is 5.32 Å². The van der Waals surface area contributed by atoms with Gasteiger partial charge in [0, 0.05) is 0 Å². The molecule has 0 spiro atoms. The first kappa shape index (κ1) is 16.9. The molecule has 0 aliphatic heterocycles. The van der Waals surface area contributed by atoms with Gasteiger partial charge < -0.3 is 4.74 Å². The highest BCUT2D eigenvalue weighted by Gasteiger charge is 2.13.